The van der Waals surface area contributed by atoms with E-state index in [1.807, 2.05) is 0 Å². The smallest absolute Gasteiger partial charge is 0.0843 e. The second kappa shape index (κ2) is 9.51. The minimum atomic E-state index is 0.860. The molecule has 104 valence electrons. The van der Waals surface area contributed by atoms with Gasteiger partial charge in [-0.1, -0.05) is 39.5 Å². The highest BCUT2D eigenvalue weighted by molar-refractivity contribution is 9.13. The number of rotatable bonds is 9. The van der Waals surface area contributed by atoms with Crippen LogP contribution >= 0.6 is 43.2 Å². The third-order valence-electron chi connectivity index (χ3n) is 2.88. The fourth-order valence-corrected chi connectivity index (χ4v) is 3.99. The van der Waals surface area contributed by atoms with Gasteiger partial charge < -0.3 is 5.32 Å². The molecular formula is C14H23Br2NS. The molecule has 0 unspecified atom stereocenters. The molecule has 1 aromatic heterocycles. The molecule has 0 aliphatic carbocycles. The first kappa shape index (κ1) is 16.7. The monoisotopic (exact) mass is 395 g/mol. The van der Waals surface area contributed by atoms with Gasteiger partial charge in [-0.25, -0.2) is 0 Å². The Morgan fingerprint density at radius 1 is 1.17 bits per heavy atom. The van der Waals surface area contributed by atoms with Crippen LogP contribution in [0, 0.1) is 5.92 Å². The molecule has 0 aliphatic heterocycles. The molecule has 1 N–H and O–H groups in total. The topological polar surface area (TPSA) is 12.0 Å². The molecule has 0 bridgehead atoms. The minimum Gasteiger partial charge on any atom is -0.312 e. The summed E-state index contributed by atoms with van der Waals surface area (Å²) in [6.45, 7) is 6.73. The van der Waals surface area contributed by atoms with Gasteiger partial charge in [-0.3, -0.25) is 0 Å². The second-order valence-corrected chi connectivity index (χ2v) is 8.42. The average molecular weight is 397 g/mol. The fraction of sp³-hybridized carbons (Fsp3) is 0.714. The van der Waals surface area contributed by atoms with Crippen LogP contribution in [0.2, 0.25) is 0 Å². The highest BCUT2D eigenvalue weighted by Gasteiger charge is 2.03. The maximum absolute atomic E-state index is 3.52. The summed E-state index contributed by atoms with van der Waals surface area (Å²) < 4.78 is 2.35. The lowest BCUT2D eigenvalue weighted by molar-refractivity contribution is 0.512. The molecule has 0 saturated carbocycles. The second-order valence-electron chi connectivity index (χ2n) is 5.11. The zero-order chi connectivity index (χ0) is 13.4. The van der Waals surface area contributed by atoms with E-state index in [-0.39, 0.29) is 0 Å². The molecular weight excluding hydrogens is 374 g/mol. The number of hydrogen-bond acceptors (Lipinski definition) is 2. The van der Waals surface area contributed by atoms with Crippen LogP contribution in [-0.4, -0.2) is 6.54 Å². The number of nitrogens with one attached hydrogen (secondary N) is 1. The Balaban J connectivity index is 1.96. The third-order valence-corrected chi connectivity index (χ3v) is 6.14. The maximum Gasteiger partial charge on any atom is 0.0843 e. The largest absolute Gasteiger partial charge is 0.312 e. The van der Waals surface area contributed by atoms with Crippen LogP contribution in [0.3, 0.4) is 0 Å². The van der Waals surface area contributed by atoms with E-state index in [9.17, 15) is 0 Å². The molecule has 18 heavy (non-hydrogen) atoms. The van der Waals surface area contributed by atoms with Crippen molar-refractivity contribution in [3.8, 4) is 0 Å². The van der Waals surface area contributed by atoms with Crippen molar-refractivity contribution < 1.29 is 0 Å². The average Bonchev–Trinajstić information content (AvgIpc) is 2.62. The highest BCUT2D eigenvalue weighted by Crippen LogP contribution is 2.32. The van der Waals surface area contributed by atoms with Crippen LogP contribution in [0.15, 0.2) is 14.3 Å². The summed E-state index contributed by atoms with van der Waals surface area (Å²) in [5, 5.41) is 3.51. The van der Waals surface area contributed by atoms with E-state index in [0.717, 1.165) is 23.5 Å². The summed E-state index contributed by atoms with van der Waals surface area (Å²) in [5.74, 6) is 0.860. The van der Waals surface area contributed by atoms with Crippen LogP contribution in [0.4, 0.5) is 0 Å². The van der Waals surface area contributed by atoms with Gasteiger partial charge in [0.25, 0.3) is 0 Å². The van der Waals surface area contributed by atoms with Crippen LogP contribution in [0.1, 0.15) is 50.8 Å². The molecule has 0 spiro atoms. The van der Waals surface area contributed by atoms with Crippen molar-refractivity contribution in [2.75, 3.05) is 6.54 Å². The Bertz CT molecular complexity index is 317. The summed E-state index contributed by atoms with van der Waals surface area (Å²) >= 11 is 8.83. The summed E-state index contributed by atoms with van der Waals surface area (Å²) in [6.07, 6.45) is 6.81. The van der Waals surface area contributed by atoms with Crippen molar-refractivity contribution in [3.63, 3.8) is 0 Å². The van der Waals surface area contributed by atoms with Gasteiger partial charge in [0.1, 0.15) is 0 Å². The lowest BCUT2D eigenvalue weighted by atomic mass is 10.0. The van der Waals surface area contributed by atoms with Gasteiger partial charge in [0.05, 0.1) is 3.79 Å². The minimum absolute atomic E-state index is 0.860. The Kier molecular flexibility index (Phi) is 8.81. The van der Waals surface area contributed by atoms with E-state index in [1.54, 1.807) is 11.3 Å². The normalized spacial score (nSPS) is 11.4. The molecule has 1 rings (SSSR count). The molecule has 1 heterocycles. The van der Waals surface area contributed by atoms with Crippen molar-refractivity contribution in [1.82, 2.24) is 5.32 Å². The van der Waals surface area contributed by atoms with Crippen LogP contribution < -0.4 is 5.32 Å². The van der Waals surface area contributed by atoms with E-state index < -0.39 is 0 Å². The Morgan fingerprint density at radius 2 is 1.89 bits per heavy atom. The van der Waals surface area contributed by atoms with E-state index in [1.165, 1.54) is 40.8 Å². The Morgan fingerprint density at radius 3 is 2.50 bits per heavy atom. The van der Waals surface area contributed by atoms with Crippen LogP contribution in [0.5, 0.6) is 0 Å². The van der Waals surface area contributed by atoms with Crippen molar-refractivity contribution in [3.05, 3.63) is 19.2 Å². The van der Waals surface area contributed by atoms with Gasteiger partial charge in [-0.2, -0.15) is 0 Å². The van der Waals surface area contributed by atoms with Gasteiger partial charge in [0.2, 0.25) is 0 Å². The summed E-state index contributed by atoms with van der Waals surface area (Å²) in [5.41, 5.74) is 0. The lowest BCUT2D eigenvalue weighted by Gasteiger charge is -2.05. The van der Waals surface area contributed by atoms with Crippen LogP contribution in [0.25, 0.3) is 0 Å². The van der Waals surface area contributed by atoms with Crippen LogP contribution in [-0.2, 0) is 6.54 Å². The summed E-state index contributed by atoms with van der Waals surface area (Å²) in [7, 11) is 0. The Hall–Kier alpha value is 0.620. The van der Waals surface area contributed by atoms with E-state index in [4.69, 9.17) is 0 Å². The van der Waals surface area contributed by atoms with Gasteiger partial charge in [-0.05, 0) is 56.8 Å². The molecule has 1 aromatic rings. The summed E-state index contributed by atoms with van der Waals surface area (Å²) in [6, 6.07) is 2.18. The molecule has 0 radical (unpaired) electrons. The maximum atomic E-state index is 3.52. The SMILES string of the molecule is CC(C)CCCCCCNCc1cc(Br)c(Br)s1. The first-order valence-corrected chi connectivity index (χ1v) is 9.14. The molecule has 4 heteroatoms. The predicted octanol–water partition coefficient (Wildman–Crippen LogP) is 5.97. The predicted molar refractivity (Wildman–Crippen MR) is 89.3 cm³/mol. The fourth-order valence-electron chi connectivity index (χ4n) is 1.85. The number of hydrogen-bond donors (Lipinski definition) is 1. The zero-order valence-corrected chi connectivity index (χ0v) is 15.3. The van der Waals surface area contributed by atoms with E-state index in [0.29, 0.717) is 0 Å². The van der Waals surface area contributed by atoms with E-state index in [2.05, 4.69) is 57.1 Å². The third kappa shape index (κ3) is 7.27. The van der Waals surface area contributed by atoms with Crippen molar-refractivity contribution >= 4 is 43.2 Å². The number of thiophene rings is 1. The van der Waals surface area contributed by atoms with Gasteiger partial charge >= 0.3 is 0 Å². The highest BCUT2D eigenvalue weighted by atomic mass is 79.9. The van der Waals surface area contributed by atoms with Gasteiger partial charge in [0.15, 0.2) is 0 Å². The standard InChI is InChI=1S/C14H23Br2NS/c1-11(2)7-5-3-4-6-8-17-10-12-9-13(15)14(16)18-12/h9,11,17H,3-8,10H2,1-2H3. The van der Waals surface area contributed by atoms with Crippen molar-refractivity contribution in [2.24, 2.45) is 5.92 Å². The number of unbranched alkanes of at least 4 members (excludes halogenated alkanes) is 3. The first-order valence-electron chi connectivity index (χ1n) is 6.74. The summed E-state index contributed by atoms with van der Waals surface area (Å²) in [4.78, 5) is 1.38. The Labute approximate surface area is 132 Å². The van der Waals surface area contributed by atoms with E-state index >= 15 is 0 Å². The molecule has 0 fully saturated rings. The first-order chi connectivity index (χ1) is 8.59. The molecule has 0 atom stereocenters. The lowest BCUT2D eigenvalue weighted by Crippen LogP contribution is -2.13. The van der Waals surface area contributed by atoms with Crippen molar-refractivity contribution in [1.29, 1.82) is 0 Å². The number of halogens is 2. The van der Waals surface area contributed by atoms with Gasteiger partial charge in [0, 0.05) is 15.9 Å². The molecule has 0 saturated heterocycles. The van der Waals surface area contributed by atoms with Gasteiger partial charge in [-0.15, -0.1) is 11.3 Å². The molecule has 0 aromatic carbocycles. The molecule has 0 amide bonds. The zero-order valence-electron chi connectivity index (χ0n) is 11.3. The molecule has 0 aliphatic rings. The molecule has 1 nitrogen and oxygen atoms in total. The van der Waals surface area contributed by atoms with Crippen molar-refractivity contribution in [2.45, 2.75) is 52.5 Å². The quantitative estimate of drug-likeness (QED) is 0.507.